The highest BCUT2D eigenvalue weighted by Crippen LogP contribution is 2.14. The molecule has 1 aromatic carbocycles. The van der Waals surface area contributed by atoms with Crippen LogP contribution in [0.3, 0.4) is 0 Å². The van der Waals surface area contributed by atoms with E-state index in [4.69, 9.17) is 5.73 Å². The van der Waals surface area contributed by atoms with Crippen LogP contribution in [-0.2, 0) is 13.1 Å². The van der Waals surface area contributed by atoms with Crippen LogP contribution in [0.5, 0.6) is 0 Å². The summed E-state index contributed by atoms with van der Waals surface area (Å²) in [6, 6.07) is 5.57. The average molecular weight is 252 g/mol. The lowest BCUT2D eigenvalue weighted by atomic mass is 10.1. The van der Waals surface area contributed by atoms with Crippen LogP contribution in [0.1, 0.15) is 38.8 Å². The molecular weight excluding hydrogens is 227 g/mol. The van der Waals surface area contributed by atoms with Crippen LogP contribution < -0.4 is 5.73 Å². The molecule has 1 rings (SSSR count). The van der Waals surface area contributed by atoms with Gasteiger partial charge in [-0.2, -0.15) is 0 Å². The summed E-state index contributed by atoms with van der Waals surface area (Å²) in [6.45, 7) is 10.9. The summed E-state index contributed by atoms with van der Waals surface area (Å²) in [7, 11) is 0. The molecule has 2 N–H and O–H groups in total. The van der Waals surface area contributed by atoms with Crippen molar-refractivity contribution in [2.24, 2.45) is 11.7 Å². The summed E-state index contributed by atoms with van der Waals surface area (Å²) < 4.78 is 13.5. The van der Waals surface area contributed by atoms with E-state index in [2.05, 4.69) is 32.6 Å². The zero-order valence-electron chi connectivity index (χ0n) is 11.9. The number of hydrogen-bond acceptors (Lipinski definition) is 2. The van der Waals surface area contributed by atoms with E-state index < -0.39 is 0 Å². The number of benzene rings is 1. The minimum Gasteiger partial charge on any atom is -0.326 e. The first-order chi connectivity index (χ1) is 8.42. The van der Waals surface area contributed by atoms with Crippen LogP contribution in [0.2, 0.25) is 0 Å². The Kier molecular flexibility index (Phi) is 5.76. The second kappa shape index (κ2) is 6.86. The van der Waals surface area contributed by atoms with Crippen molar-refractivity contribution in [3.63, 3.8) is 0 Å². The van der Waals surface area contributed by atoms with Gasteiger partial charge in [0.1, 0.15) is 5.82 Å². The SMILES string of the molecule is CC(C)CN(Cc1cc(F)cc(CN)c1)C(C)C. The van der Waals surface area contributed by atoms with E-state index in [1.54, 1.807) is 6.07 Å². The second-order valence-electron chi connectivity index (χ2n) is 5.59. The van der Waals surface area contributed by atoms with Gasteiger partial charge in [0.25, 0.3) is 0 Å². The van der Waals surface area contributed by atoms with Gasteiger partial charge in [0.2, 0.25) is 0 Å². The number of nitrogens with zero attached hydrogens (tertiary/aromatic N) is 1. The summed E-state index contributed by atoms with van der Waals surface area (Å²) in [5, 5.41) is 0. The van der Waals surface area contributed by atoms with E-state index in [9.17, 15) is 4.39 Å². The van der Waals surface area contributed by atoms with Crippen molar-refractivity contribution in [3.8, 4) is 0 Å². The van der Waals surface area contributed by atoms with E-state index in [1.165, 1.54) is 6.07 Å². The van der Waals surface area contributed by atoms with Crippen molar-refractivity contribution in [3.05, 3.63) is 35.1 Å². The quantitative estimate of drug-likeness (QED) is 0.842. The highest BCUT2D eigenvalue weighted by atomic mass is 19.1. The van der Waals surface area contributed by atoms with Crippen molar-refractivity contribution in [2.45, 2.75) is 46.8 Å². The zero-order chi connectivity index (χ0) is 13.7. The second-order valence-corrected chi connectivity index (χ2v) is 5.59. The molecule has 0 saturated carbocycles. The molecule has 0 aliphatic rings. The molecule has 0 heterocycles. The summed E-state index contributed by atoms with van der Waals surface area (Å²) >= 11 is 0. The minimum atomic E-state index is -0.193. The van der Waals surface area contributed by atoms with Crippen molar-refractivity contribution >= 4 is 0 Å². The Morgan fingerprint density at radius 3 is 2.22 bits per heavy atom. The highest BCUT2D eigenvalue weighted by molar-refractivity contribution is 5.24. The molecule has 102 valence electrons. The fourth-order valence-corrected chi connectivity index (χ4v) is 2.09. The van der Waals surface area contributed by atoms with Crippen molar-refractivity contribution in [2.75, 3.05) is 6.54 Å². The molecule has 3 heteroatoms. The molecule has 0 spiro atoms. The normalized spacial score (nSPS) is 11.8. The fraction of sp³-hybridized carbons (Fsp3) is 0.600. The van der Waals surface area contributed by atoms with E-state index in [0.717, 1.165) is 24.2 Å². The Labute approximate surface area is 110 Å². The van der Waals surface area contributed by atoms with Gasteiger partial charge in [-0.15, -0.1) is 0 Å². The molecule has 2 nitrogen and oxygen atoms in total. The molecular formula is C15H25FN2. The summed E-state index contributed by atoms with van der Waals surface area (Å²) in [6.07, 6.45) is 0. The molecule has 0 aliphatic heterocycles. The van der Waals surface area contributed by atoms with Crippen LogP contribution in [0.4, 0.5) is 4.39 Å². The van der Waals surface area contributed by atoms with E-state index in [-0.39, 0.29) is 5.82 Å². The maximum absolute atomic E-state index is 13.5. The van der Waals surface area contributed by atoms with E-state index in [1.807, 2.05) is 6.07 Å². The molecule has 0 aliphatic carbocycles. The van der Waals surface area contributed by atoms with Crippen molar-refractivity contribution < 1.29 is 4.39 Å². The highest BCUT2D eigenvalue weighted by Gasteiger charge is 2.12. The maximum Gasteiger partial charge on any atom is 0.123 e. The molecule has 0 radical (unpaired) electrons. The van der Waals surface area contributed by atoms with E-state index >= 15 is 0 Å². The Balaban J connectivity index is 2.82. The topological polar surface area (TPSA) is 29.3 Å². The lowest BCUT2D eigenvalue weighted by molar-refractivity contribution is 0.189. The van der Waals surface area contributed by atoms with Crippen LogP contribution in [0, 0.1) is 11.7 Å². The number of halogens is 1. The molecule has 1 aromatic rings. The zero-order valence-corrected chi connectivity index (χ0v) is 11.9. The molecule has 0 aromatic heterocycles. The predicted molar refractivity (Wildman–Crippen MR) is 74.7 cm³/mol. The van der Waals surface area contributed by atoms with Gasteiger partial charge in [-0.25, -0.2) is 4.39 Å². The predicted octanol–water partition coefficient (Wildman–Crippen LogP) is 3.15. The van der Waals surface area contributed by atoms with Crippen LogP contribution >= 0.6 is 0 Å². The van der Waals surface area contributed by atoms with Gasteiger partial charge < -0.3 is 5.73 Å². The van der Waals surface area contributed by atoms with Gasteiger partial charge in [0, 0.05) is 25.7 Å². The lowest BCUT2D eigenvalue weighted by Gasteiger charge is -2.28. The first kappa shape index (κ1) is 15.1. The Morgan fingerprint density at radius 1 is 1.11 bits per heavy atom. The average Bonchev–Trinajstić information content (AvgIpc) is 2.26. The van der Waals surface area contributed by atoms with Crippen LogP contribution in [0.15, 0.2) is 18.2 Å². The van der Waals surface area contributed by atoms with Gasteiger partial charge >= 0.3 is 0 Å². The minimum absolute atomic E-state index is 0.193. The van der Waals surface area contributed by atoms with Gasteiger partial charge in [0.05, 0.1) is 0 Å². The number of hydrogen-bond donors (Lipinski definition) is 1. The standard InChI is InChI=1S/C15H25FN2/c1-11(2)9-18(12(3)4)10-14-5-13(8-17)6-15(16)7-14/h5-7,11-12H,8-10,17H2,1-4H3. The number of nitrogens with two attached hydrogens (primary N) is 1. The van der Waals surface area contributed by atoms with Gasteiger partial charge in [-0.1, -0.05) is 19.9 Å². The van der Waals surface area contributed by atoms with Gasteiger partial charge in [0.15, 0.2) is 0 Å². The van der Waals surface area contributed by atoms with Crippen molar-refractivity contribution in [1.82, 2.24) is 4.90 Å². The van der Waals surface area contributed by atoms with Crippen LogP contribution in [-0.4, -0.2) is 17.5 Å². The Hall–Kier alpha value is -0.930. The Bertz CT molecular complexity index is 375. The molecule has 0 saturated heterocycles. The third-order valence-electron chi connectivity index (χ3n) is 2.97. The lowest BCUT2D eigenvalue weighted by Crippen LogP contribution is -2.33. The van der Waals surface area contributed by atoms with Crippen molar-refractivity contribution in [1.29, 1.82) is 0 Å². The van der Waals surface area contributed by atoms with Crippen LogP contribution in [0.25, 0.3) is 0 Å². The van der Waals surface area contributed by atoms with E-state index in [0.29, 0.717) is 18.5 Å². The summed E-state index contributed by atoms with van der Waals surface area (Å²) in [4.78, 5) is 2.36. The molecule has 0 unspecified atom stereocenters. The third kappa shape index (κ3) is 4.75. The largest absolute Gasteiger partial charge is 0.326 e. The Morgan fingerprint density at radius 2 is 1.72 bits per heavy atom. The third-order valence-corrected chi connectivity index (χ3v) is 2.97. The monoisotopic (exact) mass is 252 g/mol. The first-order valence-corrected chi connectivity index (χ1v) is 6.64. The molecule has 0 amide bonds. The molecule has 0 bridgehead atoms. The fourth-order valence-electron chi connectivity index (χ4n) is 2.09. The molecule has 18 heavy (non-hydrogen) atoms. The number of rotatable bonds is 6. The first-order valence-electron chi connectivity index (χ1n) is 6.64. The molecule has 0 fully saturated rings. The summed E-state index contributed by atoms with van der Waals surface area (Å²) in [5.41, 5.74) is 7.44. The van der Waals surface area contributed by atoms with Gasteiger partial charge in [-0.05, 0) is 43.0 Å². The smallest absolute Gasteiger partial charge is 0.123 e. The van der Waals surface area contributed by atoms with Gasteiger partial charge in [-0.3, -0.25) is 4.90 Å². The maximum atomic E-state index is 13.5. The summed E-state index contributed by atoms with van der Waals surface area (Å²) in [5.74, 6) is 0.413. The molecule has 0 atom stereocenters.